The van der Waals surface area contributed by atoms with Crippen molar-refractivity contribution in [2.45, 2.75) is 38.3 Å². The molecule has 0 aromatic heterocycles. The summed E-state index contributed by atoms with van der Waals surface area (Å²) in [7, 11) is 0. The van der Waals surface area contributed by atoms with Gasteiger partial charge in [-0.25, -0.2) is 9.59 Å². The summed E-state index contributed by atoms with van der Waals surface area (Å²) < 4.78 is 0. The molecule has 0 fully saturated rings. The van der Waals surface area contributed by atoms with Crippen LogP contribution in [-0.2, 0) is 22.4 Å². The number of carboxylic acid groups (broad SMARTS) is 1. The van der Waals surface area contributed by atoms with Crippen LogP contribution < -0.4 is 21.3 Å². The van der Waals surface area contributed by atoms with E-state index in [4.69, 9.17) is 34.8 Å². The van der Waals surface area contributed by atoms with Gasteiger partial charge < -0.3 is 26.4 Å². The largest absolute Gasteiger partial charge is 0.480 e. The molecule has 3 aromatic rings. The highest BCUT2D eigenvalue weighted by atomic mass is 35.5. The van der Waals surface area contributed by atoms with Gasteiger partial charge in [-0.2, -0.15) is 0 Å². The quantitative estimate of drug-likeness (QED) is 0.222. The summed E-state index contributed by atoms with van der Waals surface area (Å²) >= 11 is 18.8. The smallest absolute Gasteiger partial charge is 0.328 e. The van der Waals surface area contributed by atoms with E-state index in [1.165, 1.54) is 12.1 Å². The van der Waals surface area contributed by atoms with E-state index in [9.17, 15) is 24.3 Å². The van der Waals surface area contributed by atoms with E-state index in [-0.39, 0.29) is 33.8 Å². The number of aryl methyl sites for hydroxylation is 2. The number of hydrogen-bond donors (Lipinski definition) is 5. The first kappa shape index (κ1) is 30.2. The molecule has 0 radical (unpaired) electrons. The molecule has 41 heavy (non-hydrogen) atoms. The predicted octanol–water partition coefficient (Wildman–Crippen LogP) is 5.31. The second-order valence-corrected chi connectivity index (χ2v) is 10.8. The first-order valence-corrected chi connectivity index (χ1v) is 13.9. The minimum atomic E-state index is -1.49. The van der Waals surface area contributed by atoms with E-state index in [1.807, 2.05) is 31.2 Å². The number of urea groups is 1. The Labute approximate surface area is 251 Å². The van der Waals surface area contributed by atoms with Crippen LogP contribution in [-0.4, -0.2) is 41.5 Å². The van der Waals surface area contributed by atoms with Gasteiger partial charge in [0, 0.05) is 5.02 Å². The van der Waals surface area contributed by atoms with E-state index in [1.54, 1.807) is 18.2 Å². The van der Waals surface area contributed by atoms with Gasteiger partial charge in [0.2, 0.25) is 5.91 Å². The number of fused-ring (bicyclic) bond motifs is 1. The summed E-state index contributed by atoms with van der Waals surface area (Å²) in [5.74, 6) is -2.68. The number of hydrogen-bond acceptors (Lipinski definition) is 4. The molecule has 9 nitrogen and oxygen atoms in total. The number of carboxylic acids is 1. The molecule has 0 spiro atoms. The van der Waals surface area contributed by atoms with E-state index in [0.29, 0.717) is 10.6 Å². The van der Waals surface area contributed by atoms with Crippen molar-refractivity contribution in [1.82, 2.24) is 16.0 Å². The van der Waals surface area contributed by atoms with E-state index in [2.05, 4.69) is 21.3 Å². The molecule has 12 heteroatoms. The van der Waals surface area contributed by atoms with Gasteiger partial charge in [-0.1, -0.05) is 71.2 Å². The molecule has 0 saturated carbocycles. The highest BCUT2D eigenvalue weighted by molar-refractivity contribution is 6.41. The van der Waals surface area contributed by atoms with Crippen molar-refractivity contribution in [2.75, 3.05) is 11.9 Å². The number of carbonyl (C=O) groups is 4. The maximum atomic E-state index is 13.1. The van der Waals surface area contributed by atoms with Crippen molar-refractivity contribution in [2.24, 2.45) is 0 Å². The summed E-state index contributed by atoms with van der Waals surface area (Å²) in [6, 6.07) is 13.6. The Morgan fingerprint density at radius 2 is 1.76 bits per heavy atom. The summed E-state index contributed by atoms with van der Waals surface area (Å²) in [4.78, 5) is 50.1. The van der Waals surface area contributed by atoms with Crippen molar-refractivity contribution in [3.63, 3.8) is 0 Å². The highest BCUT2D eigenvalue weighted by Crippen LogP contribution is 2.32. The standard InChI is InChI=1S/C29H27Cl3N4O5/c1-15-6-7-16(12-20(15)31)13-24(37)34-22-11-9-19(30)25(26(22)32)27(38)35-23(28(39)40)14-33-29(41)36-21-10-8-17-4-2-3-5-18(17)21/h2-7,9,11-12,21,23H,8,10,13-14H2,1H3,(H,34,37)(H,35,38)(H,39,40)(H2,33,36,41)/t21-,23?/m1/s1. The number of benzene rings is 3. The molecule has 5 N–H and O–H groups in total. The van der Waals surface area contributed by atoms with Crippen molar-refractivity contribution < 1.29 is 24.3 Å². The lowest BCUT2D eigenvalue weighted by Crippen LogP contribution is -2.50. The minimum Gasteiger partial charge on any atom is -0.480 e. The van der Waals surface area contributed by atoms with Gasteiger partial charge >= 0.3 is 12.0 Å². The Hall–Kier alpha value is -3.79. The molecular formula is C29H27Cl3N4O5. The van der Waals surface area contributed by atoms with Gasteiger partial charge in [-0.15, -0.1) is 0 Å². The molecule has 0 heterocycles. The zero-order valence-corrected chi connectivity index (χ0v) is 24.2. The normalized spacial score (nSPS) is 14.5. The van der Waals surface area contributed by atoms with Crippen LogP contribution in [0.2, 0.25) is 15.1 Å². The number of amides is 4. The molecule has 1 aliphatic rings. The van der Waals surface area contributed by atoms with E-state index >= 15 is 0 Å². The van der Waals surface area contributed by atoms with Gasteiger partial charge in [0.15, 0.2) is 0 Å². The maximum Gasteiger partial charge on any atom is 0.328 e. The molecule has 2 atom stereocenters. The Kier molecular flexibility index (Phi) is 9.75. The fourth-order valence-corrected chi connectivity index (χ4v) is 5.32. The molecule has 214 valence electrons. The number of anilines is 1. The first-order chi connectivity index (χ1) is 19.5. The van der Waals surface area contributed by atoms with Crippen LogP contribution in [0, 0.1) is 6.92 Å². The third-order valence-corrected chi connectivity index (χ3v) is 7.82. The molecule has 4 rings (SSSR count). The maximum absolute atomic E-state index is 13.1. The van der Waals surface area contributed by atoms with Gasteiger partial charge in [0.05, 0.1) is 40.3 Å². The molecule has 0 aliphatic heterocycles. The Morgan fingerprint density at radius 1 is 1.00 bits per heavy atom. The molecule has 0 saturated heterocycles. The SMILES string of the molecule is Cc1ccc(CC(=O)Nc2ccc(Cl)c(C(=O)NC(CNC(=O)N[C@@H]3CCc4ccccc43)C(=O)O)c2Cl)cc1Cl. The summed E-state index contributed by atoms with van der Waals surface area (Å²) in [5, 5.41) is 20.3. The second kappa shape index (κ2) is 13.2. The van der Waals surface area contributed by atoms with Crippen LogP contribution >= 0.6 is 34.8 Å². The lowest BCUT2D eigenvalue weighted by molar-refractivity contribution is -0.139. The van der Waals surface area contributed by atoms with E-state index < -0.39 is 36.4 Å². The van der Waals surface area contributed by atoms with Gasteiger partial charge in [0.1, 0.15) is 6.04 Å². The summed E-state index contributed by atoms with van der Waals surface area (Å²) in [6.45, 7) is 1.45. The zero-order valence-electron chi connectivity index (χ0n) is 21.9. The zero-order chi connectivity index (χ0) is 29.7. The number of carbonyl (C=O) groups excluding carboxylic acids is 3. The van der Waals surface area contributed by atoms with Crippen molar-refractivity contribution in [3.8, 4) is 0 Å². The van der Waals surface area contributed by atoms with Crippen LogP contribution in [0.1, 0.15) is 45.1 Å². The fourth-order valence-electron chi connectivity index (χ4n) is 4.52. The molecular weight excluding hydrogens is 591 g/mol. The fraction of sp³-hybridized carbons (Fsp3) is 0.241. The van der Waals surface area contributed by atoms with Crippen LogP contribution in [0.15, 0.2) is 54.6 Å². The molecule has 1 aliphatic carbocycles. The Balaban J connectivity index is 1.38. The lowest BCUT2D eigenvalue weighted by atomic mass is 10.1. The van der Waals surface area contributed by atoms with Crippen LogP contribution in [0.3, 0.4) is 0 Å². The van der Waals surface area contributed by atoms with Crippen LogP contribution in [0.5, 0.6) is 0 Å². The number of rotatable bonds is 9. The van der Waals surface area contributed by atoms with Crippen molar-refractivity contribution in [1.29, 1.82) is 0 Å². The molecule has 4 amide bonds. The minimum absolute atomic E-state index is 0.00174. The number of nitrogens with one attached hydrogen (secondary N) is 4. The number of aliphatic carboxylic acids is 1. The van der Waals surface area contributed by atoms with Gasteiger partial charge in [-0.3, -0.25) is 9.59 Å². The average Bonchev–Trinajstić information content (AvgIpc) is 3.32. The van der Waals surface area contributed by atoms with Crippen LogP contribution in [0.25, 0.3) is 0 Å². The average molecular weight is 618 g/mol. The molecule has 1 unspecified atom stereocenters. The molecule has 3 aromatic carbocycles. The topological polar surface area (TPSA) is 137 Å². The van der Waals surface area contributed by atoms with Gasteiger partial charge in [0.25, 0.3) is 5.91 Å². The van der Waals surface area contributed by atoms with Crippen molar-refractivity contribution in [3.05, 3.63) is 97.5 Å². The monoisotopic (exact) mass is 616 g/mol. The second-order valence-electron chi connectivity index (χ2n) is 9.60. The van der Waals surface area contributed by atoms with Crippen LogP contribution in [0.4, 0.5) is 10.5 Å². The first-order valence-electron chi connectivity index (χ1n) is 12.7. The highest BCUT2D eigenvalue weighted by Gasteiger charge is 2.27. The number of halogens is 3. The Morgan fingerprint density at radius 3 is 2.49 bits per heavy atom. The third-order valence-electron chi connectivity index (χ3n) is 6.70. The lowest BCUT2D eigenvalue weighted by Gasteiger charge is -2.19. The third kappa shape index (κ3) is 7.49. The van der Waals surface area contributed by atoms with Crippen molar-refractivity contribution >= 4 is 64.3 Å². The summed E-state index contributed by atoms with van der Waals surface area (Å²) in [6.07, 6.45) is 1.56. The predicted molar refractivity (Wildman–Crippen MR) is 158 cm³/mol. The van der Waals surface area contributed by atoms with E-state index in [0.717, 1.165) is 29.5 Å². The molecule has 0 bridgehead atoms. The summed E-state index contributed by atoms with van der Waals surface area (Å²) in [5.41, 5.74) is 3.62. The van der Waals surface area contributed by atoms with Gasteiger partial charge in [-0.05, 0) is 60.2 Å². The Bertz CT molecular complexity index is 1510.